The van der Waals surface area contributed by atoms with E-state index in [1.54, 1.807) is 0 Å². The Kier molecular flexibility index (Phi) is 3.05. The molecule has 0 unspecified atom stereocenters. The van der Waals surface area contributed by atoms with Gasteiger partial charge in [0.05, 0.1) is 0 Å². The van der Waals surface area contributed by atoms with Crippen molar-refractivity contribution in [2.24, 2.45) is 0 Å². The number of fused-ring (bicyclic) bond motifs is 1. The number of benzene rings is 1. The van der Waals surface area contributed by atoms with Crippen molar-refractivity contribution in [3.05, 3.63) is 36.1 Å². The molecule has 0 saturated carbocycles. The number of nitrogens with zero attached hydrogens (tertiary/aromatic N) is 1. The second kappa shape index (κ2) is 4.72. The van der Waals surface area contributed by atoms with Gasteiger partial charge in [-0.05, 0) is 45.2 Å². The molecule has 2 aromatic rings. The highest BCUT2D eigenvalue weighted by Gasteiger charge is 2.31. The maximum absolute atomic E-state index is 12.6. The Bertz CT molecular complexity index is 559. The average Bonchev–Trinajstić information content (AvgIpc) is 2.82. The van der Waals surface area contributed by atoms with Gasteiger partial charge in [-0.25, -0.2) is 0 Å². The Morgan fingerprint density at radius 1 is 1.21 bits per heavy atom. The van der Waals surface area contributed by atoms with Gasteiger partial charge in [-0.15, -0.1) is 0 Å². The third-order valence-electron chi connectivity index (χ3n) is 4.06. The summed E-state index contributed by atoms with van der Waals surface area (Å²) in [5.74, 6) is 0.484. The zero-order chi connectivity index (χ0) is 13.4. The fraction of sp³-hybridized carbons (Fsp3) is 0.438. The summed E-state index contributed by atoms with van der Waals surface area (Å²) in [6, 6.07) is 10.2. The van der Waals surface area contributed by atoms with Crippen molar-refractivity contribution in [1.29, 1.82) is 0 Å². The predicted octanol–water partition coefficient (Wildman–Crippen LogP) is 3.84. The Balaban J connectivity index is 1.94. The lowest BCUT2D eigenvalue weighted by Gasteiger charge is -2.38. The smallest absolute Gasteiger partial charge is 0.290 e. The molecule has 2 heterocycles. The molecule has 0 radical (unpaired) electrons. The third-order valence-corrected chi connectivity index (χ3v) is 4.06. The Hall–Kier alpha value is -1.77. The van der Waals surface area contributed by atoms with Gasteiger partial charge in [-0.1, -0.05) is 18.2 Å². The highest BCUT2D eigenvalue weighted by atomic mass is 16.3. The summed E-state index contributed by atoms with van der Waals surface area (Å²) >= 11 is 0. The van der Waals surface area contributed by atoms with E-state index >= 15 is 0 Å². The molecule has 3 rings (SSSR count). The average molecular weight is 257 g/mol. The van der Waals surface area contributed by atoms with Crippen molar-refractivity contribution in [2.75, 3.05) is 0 Å². The summed E-state index contributed by atoms with van der Waals surface area (Å²) in [7, 11) is 0. The van der Waals surface area contributed by atoms with Crippen LogP contribution in [0.25, 0.3) is 11.0 Å². The Morgan fingerprint density at radius 3 is 2.58 bits per heavy atom. The second-order valence-corrected chi connectivity index (χ2v) is 5.49. The molecule has 0 N–H and O–H groups in total. The first-order valence-electron chi connectivity index (χ1n) is 6.98. The van der Waals surface area contributed by atoms with Gasteiger partial charge in [0.25, 0.3) is 5.91 Å². The normalized spacial score (nSPS) is 23.8. The summed E-state index contributed by atoms with van der Waals surface area (Å²) in [6.45, 7) is 4.24. The van der Waals surface area contributed by atoms with Crippen molar-refractivity contribution >= 4 is 16.9 Å². The molecule has 0 spiro atoms. The van der Waals surface area contributed by atoms with Crippen LogP contribution in [0.1, 0.15) is 43.7 Å². The molecule has 1 aliphatic rings. The van der Waals surface area contributed by atoms with E-state index in [1.807, 2.05) is 35.2 Å². The number of piperidine rings is 1. The molecule has 2 atom stereocenters. The molecule has 3 nitrogen and oxygen atoms in total. The SMILES string of the molecule is C[C@@H]1CCC[C@H](C)N1C(=O)c1cc2ccccc2o1. The third kappa shape index (κ3) is 2.14. The standard InChI is InChI=1S/C16H19NO2/c1-11-6-5-7-12(2)17(11)16(18)15-10-13-8-3-4-9-14(13)19-15/h3-4,8-12H,5-7H2,1-2H3/t11-,12+. The summed E-state index contributed by atoms with van der Waals surface area (Å²) in [5.41, 5.74) is 0.781. The number of likely N-dealkylation sites (tertiary alicyclic amines) is 1. The molecule has 100 valence electrons. The summed E-state index contributed by atoms with van der Waals surface area (Å²) in [6.07, 6.45) is 3.36. The minimum Gasteiger partial charge on any atom is -0.451 e. The van der Waals surface area contributed by atoms with Crippen molar-refractivity contribution in [2.45, 2.75) is 45.2 Å². The first-order valence-corrected chi connectivity index (χ1v) is 6.98. The Labute approximate surface area is 113 Å². The lowest BCUT2D eigenvalue weighted by atomic mass is 9.97. The van der Waals surface area contributed by atoms with Crippen LogP contribution < -0.4 is 0 Å². The van der Waals surface area contributed by atoms with E-state index in [1.165, 1.54) is 6.42 Å². The van der Waals surface area contributed by atoms with Gasteiger partial charge in [0.2, 0.25) is 0 Å². The fourth-order valence-corrected chi connectivity index (χ4v) is 3.04. The summed E-state index contributed by atoms with van der Waals surface area (Å²) < 4.78 is 5.69. The number of furan rings is 1. The van der Waals surface area contributed by atoms with Crippen LogP contribution in [0, 0.1) is 0 Å². The van der Waals surface area contributed by atoms with Crippen molar-refractivity contribution in [1.82, 2.24) is 4.90 Å². The molecule has 3 heteroatoms. The van der Waals surface area contributed by atoms with E-state index in [-0.39, 0.29) is 5.91 Å². The van der Waals surface area contributed by atoms with Gasteiger partial charge in [0, 0.05) is 17.5 Å². The molecule has 0 aliphatic carbocycles. The number of para-hydroxylation sites is 1. The van der Waals surface area contributed by atoms with E-state index in [4.69, 9.17) is 4.42 Å². The highest BCUT2D eigenvalue weighted by Crippen LogP contribution is 2.27. The molecule has 1 aromatic heterocycles. The van der Waals surface area contributed by atoms with E-state index in [0.29, 0.717) is 17.8 Å². The zero-order valence-electron chi connectivity index (χ0n) is 11.4. The van der Waals surface area contributed by atoms with E-state index < -0.39 is 0 Å². The van der Waals surface area contributed by atoms with Gasteiger partial charge >= 0.3 is 0 Å². The summed E-state index contributed by atoms with van der Waals surface area (Å²) in [4.78, 5) is 14.6. The minimum atomic E-state index is 0.0240. The first kappa shape index (κ1) is 12.3. The maximum atomic E-state index is 12.6. The molecule has 1 saturated heterocycles. The first-order chi connectivity index (χ1) is 9.16. The van der Waals surface area contributed by atoms with Gasteiger partial charge < -0.3 is 9.32 Å². The largest absolute Gasteiger partial charge is 0.451 e. The predicted molar refractivity (Wildman–Crippen MR) is 75.2 cm³/mol. The van der Waals surface area contributed by atoms with Crippen LogP contribution in [0.15, 0.2) is 34.7 Å². The van der Waals surface area contributed by atoms with Crippen LogP contribution in [0.3, 0.4) is 0 Å². The molecule has 1 aromatic carbocycles. The number of amides is 1. The van der Waals surface area contributed by atoms with Crippen molar-refractivity contribution < 1.29 is 9.21 Å². The molecule has 0 bridgehead atoms. The molecular weight excluding hydrogens is 238 g/mol. The quantitative estimate of drug-likeness (QED) is 0.777. The molecule has 1 amide bonds. The second-order valence-electron chi connectivity index (χ2n) is 5.49. The minimum absolute atomic E-state index is 0.0240. The monoisotopic (exact) mass is 257 g/mol. The van der Waals surface area contributed by atoms with Gasteiger partial charge in [-0.3, -0.25) is 4.79 Å². The number of carbonyl (C=O) groups is 1. The van der Waals surface area contributed by atoms with Gasteiger partial charge in [-0.2, -0.15) is 0 Å². The van der Waals surface area contributed by atoms with Crippen molar-refractivity contribution in [3.63, 3.8) is 0 Å². The van der Waals surface area contributed by atoms with Crippen molar-refractivity contribution in [3.8, 4) is 0 Å². The lowest BCUT2D eigenvalue weighted by Crippen LogP contribution is -2.47. The Morgan fingerprint density at radius 2 is 1.89 bits per heavy atom. The maximum Gasteiger partial charge on any atom is 0.290 e. The van der Waals surface area contributed by atoms with Crippen LogP contribution in [-0.2, 0) is 0 Å². The molecule has 19 heavy (non-hydrogen) atoms. The van der Waals surface area contributed by atoms with Crippen LogP contribution in [-0.4, -0.2) is 22.9 Å². The van der Waals surface area contributed by atoms with Crippen LogP contribution >= 0.6 is 0 Å². The zero-order valence-corrected chi connectivity index (χ0v) is 11.4. The molecular formula is C16H19NO2. The molecule has 1 aliphatic heterocycles. The number of hydrogen-bond donors (Lipinski definition) is 0. The number of rotatable bonds is 1. The van der Waals surface area contributed by atoms with Gasteiger partial charge in [0.15, 0.2) is 5.76 Å². The van der Waals surface area contributed by atoms with E-state index in [0.717, 1.165) is 23.8 Å². The lowest BCUT2D eigenvalue weighted by molar-refractivity contribution is 0.0481. The molecule has 1 fully saturated rings. The van der Waals surface area contributed by atoms with E-state index in [2.05, 4.69) is 13.8 Å². The van der Waals surface area contributed by atoms with E-state index in [9.17, 15) is 4.79 Å². The number of hydrogen-bond acceptors (Lipinski definition) is 2. The van der Waals surface area contributed by atoms with Gasteiger partial charge in [0.1, 0.15) is 5.58 Å². The van der Waals surface area contributed by atoms with Crippen LogP contribution in [0.4, 0.5) is 0 Å². The summed E-state index contributed by atoms with van der Waals surface area (Å²) in [5, 5.41) is 0.989. The van der Waals surface area contributed by atoms with Crippen LogP contribution in [0.2, 0.25) is 0 Å². The number of carbonyl (C=O) groups excluding carboxylic acids is 1. The van der Waals surface area contributed by atoms with Crippen LogP contribution in [0.5, 0.6) is 0 Å². The highest BCUT2D eigenvalue weighted by molar-refractivity contribution is 5.96. The fourth-order valence-electron chi connectivity index (χ4n) is 3.04. The topological polar surface area (TPSA) is 33.5 Å².